The van der Waals surface area contributed by atoms with Crippen LogP contribution >= 0.6 is 0 Å². The van der Waals surface area contributed by atoms with Crippen LogP contribution in [0.25, 0.3) is 0 Å². The Kier molecular flexibility index (Phi) is 5.99. The van der Waals surface area contributed by atoms with Crippen LogP contribution in [0, 0.1) is 13.8 Å². The van der Waals surface area contributed by atoms with Gasteiger partial charge in [-0.25, -0.2) is 0 Å². The van der Waals surface area contributed by atoms with E-state index in [2.05, 4.69) is 19.2 Å². The van der Waals surface area contributed by atoms with E-state index in [1.807, 2.05) is 0 Å². The van der Waals surface area contributed by atoms with Crippen molar-refractivity contribution >= 4 is 0 Å². The van der Waals surface area contributed by atoms with Gasteiger partial charge in [-0.15, -0.1) is 0 Å². The summed E-state index contributed by atoms with van der Waals surface area (Å²) in [6, 6.07) is 0.325. The molecule has 0 fully saturated rings. The van der Waals surface area contributed by atoms with Gasteiger partial charge in [0.2, 0.25) is 0 Å². The molecule has 0 aromatic rings. The summed E-state index contributed by atoms with van der Waals surface area (Å²) in [5.74, 6) is 0. The second kappa shape index (κ2) is 6.05. The molecule has 2 nitrogen and oxygen atoms in total. The molecule has 0 amide bonds. The van der Waals surface area contributed by atoms with E-state index in [1.54, 1.807) is 0 Å². The molecule has 0 heterocycles. The van der Waals surface area contributed by atoms with Crippen molar-refractivity contribution in [2.45, 2.75) is 18.9 Å². The Balaban J connectivity index is 2.95. The molecule has 0 rings (SSSR count). The zero-order valence-electron chi connectivity index (χ0n) is 5.90. The molecule has 0 aliphatic heterocycles. The van der Waals surface area contributed by atoms with Crippen LogP contribution in [0.5, 0.6) is 0 Å². The molecule has 9 heavy (non-hydrogen) atoms. The van der Waals surface area contributed by atoms with E-state index < -0.39 is 0 Å². The monoisotopic (exact) mass is 128 g/mol. The van der Waals surface area contributed by atoms with E-state index in [0.717, 1.165) is 19.4 Å². The van der Waals surface area contributed by atoms with Crippen molar-refractivity contribution in [3.05, 3.63) is 13.8 Å². The lowest BCUT2D eigenvalue weighted by atomic mass is 10.2. The molecule has 2 radical (unpaired) electrons. The van der Waals surface area contributed by atoms with Gasteiger partial charge in [0.05, 0.1) is 0 Å². The Morgan fingerprint density at radius 1 is 1.56 bits per heavy atom. The van der Waals surface area contributed by atoms with Gasteiger partial charge in [0.1, 0.15) is 0 Å². The molecule has 0 spiro atoms. The molecule has 0 aromatic heterocycles. The maximum atomic E-state index is 5.27. The highest BCUT2D eigenvalue weighted by molar-refractivity contribution is 4.68. The summed E-state index contributed by atoms with van der Waals surface area (Å²) < 4.78 is 0. The third-order valence-electron chi connectivity index (χ3n) is 1.13. The first-order valence-corrected chi connectivity index (χ1v) is 3.37. The van der Waals surface area contributed by atoms with Crippen molar-refractivity contribution < 1.29 is 0 Å². The molecular weight excluding hydrogens is 112 g/mol. The lowest BCUT2D eigenvalue weighted by molar-refractivity contribution is 0.563. The highest BCUT2D eigenvalue weighted by Crippen LogP contribution is 1.91. The van der Waals surface area contributed by atoms with E-state index in [0.29, 0.717) is 12.6 Å². The lowest BCUT2D eigenvalue weighted by Crippen LogP contribution is -2.30. The molecular formula is C7H16N2. The summed E-state index contributed by atoms with van der Waals surface area (Å²) in [4.78, 5) is 0. The molecule has 0 aromatic carbocycles. The Morgan fingerprint density at radius 3 is 2.67 bits per heavy atom. The summed E-state index contributed by atoms with van der Waals surface area (Å²) in [5.41, 5.74) is 5.27. The van der Waals surface area contributed by atoms with E-state index in [1.165, 1.54) is 0 Å². The summed E-state index contributed by atoms with van der Waals surface area (Å²) in [6.07, 6.45) is 1.96. The zero-order chi connectivity index (χ0) is 7.11. The first-order valence-electron chi connectivity index (χ1n) is 3.37. The fourth-order valence-corrected chi connectivity index (χ4v) is 0.636. The van der Waals surface area contributed by atoms with Gasteiger partial charge in [-0.05, 0) is 13.3 Å². The van der Waals surface area contributed by atoms with E-state index >= 15 is 0 Å². The highest BCUT2D eigenvalue weighted by atomic mass is 14.9. The molecule has 0 saturated heterocycles. The smallest absolute Gasteiger partial charge is 0.00770 e. The standard InChI is InChI=1S/C7H16N2/c1-3-4-7(2)9-6-5-8/h7,9H,1-6,8H2. The van der Waals surface area contributed by atoms with Crippen LogP contribution in [0.1, 0.15) is 12.8 Å². The minimum absolute atomic E-state index is 0.325. The summed E-state index contributed by atoms with van der Waals surface area (Å²) in [7, 11) is 0. The Labute approximate surface area is 57.8 Å². The molecule has 3 N–H and O–H groups in total. The van der Waals surface area contributed by atoms with Gasteiger partial charge in [-0.2, -0.15) is 0 Å². The van der Waals surface area contributed by atoms with Crippen molar-refractivity contribution in [2.75, 3.05) is 13.1 Å². The predicted molar refractivity (Wildman–Crippen MR) is 40.8 cm³/mol. The molecule has 54 valence electrons. The Morgan fingerprint density at radius 2 is 2.22 bits per heavy atom. The zero-order valence-corrected chi connectivity index (χ0v) is 5.90. The normalized spacial score (nSPS) is 13.7. The first-order chi connectivity index (χ1) is 4.31. The van der Waals surface area contributed by atoms with Crippen molar-refractivity contribution in [1.29, 1.82) is 0 Å². The number of nitrogens with two attached hydrogens (primary N) is 1. The van der Waals surface area contributed by atoms with E-state index in [-0.39, 0.29) is 0 Å². The predicted octanol–water partition coefficient (Wildman–Crippen LogP) is 0.352. The fourth-order valence-electron chi connectivity index (χ4n) is 0.636. The van der Waals surface area contributed by atoms with Crippen LogP contribution < -0.4 is 11.1 Å². The van der Waals surface area contributed by atoms with Crippen molar-refractivity contribution in [2.24, 2.45) is 5.73 Å². The summed E-state index contributed by atoms with van der Waals surface area (Å²) in [5, 5.41) is 3.16. The van der Waals surface area contributed by atoms with Gasteiger partial charge in [-0.3, -0.25) is 0 Å². The topological polar surface area (TPSA) is 38.0 Å². The average molecular weight is 128 g/mol. The third kappa shape index (κ3) is 5.80. The third-order valence-corrected chi connectivity index (χ3v) is 1.13. The van der Waals surface area contributed by atoms with Gasteiger partial charge < -0.3 is 11.1 Å². The molecule has 1 atom stereocenters. The Bertz CT molecular complexity index is 54.9. The highest BCUT2D eigenvalue weighted by Gasteiger charge is 1.95. The lowest BCUT2D eigenvalue weighted by Gasteiger charge is -2.10. The minimum atomic E-state index is 0.325. The van der Waals surface area contributed by atoms with Crippen molar-refractivity contribution in [3.63, 3.8) is 0 Å². The molecule has 0 aliphatic carbocycles. The van der Waals surface area contributed by atoms with Gasteiger partial charge in [0.15, 0.2) is 0 Å². The molecule has 0 bridgehead atoms. The van der Waals surface area contributed by atoms with Crippen LogP contribution in [0.2, 0.25) is 0 Å². The van der Waals surface area contributed by atoms with Crippen LogP contribution in [-0.4, -0.2) is 19.1 Å². The van der Waals surface area contributed by atoms with Gasteiger partial charge in [-0.1, -0.05) is 13.3 Å². The van der Waals surface area contributed by atoms with Crippen LogP contribution in [0.3, 0.4) is 0 Å². The summed E-state index contributed by atoms with van der Waals surface area (Å²) >= 11 is 0. The number of rotatable bonds is 5. The minimum Gasteiger partial charge on any atom is -0.329 e. The van der Waals surface area contributed by atoms with Crippen molar-refractivity contribution in [3.8, 4) is 0 Å². The largest absolute Gasteiger partial charge is 0.329 e. The average Bonchev–Trinajstić information content (AvgIpc) is 1.85. The van der Waals surface area contributed by atoms with Crippen LogP contribution in [0.15, 0.2) is 0 Å². The molecule has 2 heteroatoms. The second-order valence-corrected chi connectivity index (χ2v) is 2.08. The molecule has 0 saturated carbocycles. The maximum absolute atomic E-state index is 5.27. The molecule has 1 unspecified atom stereocenters. The SMILES string of the molecule is [CH2]CCC([CH2])NCCN. The Hall–Kier alpha value is -0.0800. The van der Waals surface area contributed by atoms with E-state index in [9.17, 15) is 0 Å². The van der Waals surface area contributed by atoms with Crippen LogP contribution in [-0.2, 0) is 0 Å². The van der Waals surface area contributed by atoms with Crippen molar-refractivity contribution in [1.82, 2.24) is 5.32 Å². The van der Waals surface area contributed by atoms with Gasteiger partial charge in [0, 0.05) is 19.1 Å². The fraction of sp³-hybridized carbons (Fsp3) is 0.714. The number of nitrogens with one attached hydrogen (secondary N) is 1. The van der Waals surface area contributed by atoms with Gasteiger partial charge in [0.25, 0.3) is 0 Å². The van der Waals surface area contributed by atoms with E-state index in [4.69, 9.17) is 5.73 Å². The number of hydrogen-bond donors (Lipinski definition) is 2. The maximum Gasteiger partial charge on any atom is 0.00770 e. The van der Waals surface area contributed by atoms with Gasteiger partial charge >= 0.3 is 0 Å². The second-order valence-electron chi connectivity index (χ2n) is 2.08. The quantitative estimate of drug-likeness (QED) is 0.560. The molecule has 0 aliphatic rings. The number of hydrogen-bond acceptors (Lipinski definition) is 2. The first kappa shape index (κ1) is 8.92. The summed E-state index contributed by atoms with van der Waals surface area (Å²) in [6.45, 7) is 9.12. The van der Waals surface area contributed by atoms with Crippen LogP contribution in [0.4, 0.5) is 0 Å².